The van der Waals surface area contributed by atoms with Gasteiger partial charge in [-0.15, -0.1) is 11.8 Å². The van der Waals surface area contributed by atoms with Gasteiger partial charge in [0, 0.05) is 12.0 Å². The molecule has 3 nitrogen and oxygen atoms in total. The Morgan fingerprint density at radius 3 is 3.09 bits per heavy atom. The zero-order valence-corrected chi connectivity index (χ0v) is 13.7. The van der Waals surface area contributed by atoms with Crippen molar-refractivity contribution in [3.05, 3.63) is 47.7 Å². The summed E-state index contributed by atoms with van der Waals surface area (Å²) in [6, 6.07) is 0. The molecule has 0 aromatic heterocycles. The maximum Gasteiger partial charge on any atom is 0.335 e. The number of hydrogen-bond acceptors (Lipinski definition) is 4. The lowest BCUT2D eigenvalue weighted by Gasteiger charge is -2.30. The second-order valence-electron chi connectivity index (χ2n) is 5.66. The first-order chi connectivity index (χ1) is 10.8. The molecule has 0 saturated carbocycles. The summed E-state index contributed by atoms with van der Waals surface area (Å²) in [6.07, 6.45) is 16.4. The van der Waals surface area contributed by atoms with Crippen LogP contribution in [0.25, 0.3) is 0 Å². The fourth-order valence-corrected chi connectivity index (χ4v) is 4.40. The number of ether oxygens (including phenoxy) is 1. The number of thioether (sulfide) groups is 1. The lowest BCUT2D eigenvalue weighted by molar-refractivity contribution is -0.139. The molecule has 0 N–H and O–H groups in total. The molecular weight excluding hydrogens is 294 g/mol. The van der Waals surface area contributed by atoms with E-state index in [0.717, 1.165) is 29.7 Å². The molecule has 0 fully saturated rings. The van der Waals surface area contributed by atoms with Gasteiger partial charge in [-0.05, 0) is 24.1 Å². The number of rotatable bonds is 6. The number of aliphatic imine (C=N–C) groups is 1. The molecule has 22 heavy (non-hydrogen) atoms. The topological polar surface area (TPSA) is 38.7 Å². The molecule has 0 aromatic rings. The Morgan fingerprint density at radius 2 is 2.23 bits per heavy atom. The van der Waals surface area contributed by atoms with Gasteiger partial charge >= 0.3 is 5.97 Å². The normalized spacial score (nSPS) is 25.0. The van der Waals surface area contributed by atoms with E-state index in [1.807, 2.05) is 24.3 Å². The molecule has 0 amide bonds. The van der Waals surface area contributed by atoms with Crippen molar-refractivity contribution >= 4 is 23.4 Å². The summed E-state index contributed by atoms with van der Waals surface area (Å²) >= 11 is 1.75. The summed E-state index contributed by atoms with van der Waals surface area (Å²) in [4.78, 5) is 16.9. The average Bonchev–Trinajstić information content (AvgIpc) is 2.92. The molecule has 0 saturated heterocycles. The Balaban J connectivity index is 1.71. The third-order valence-corrected chi connectivity index (χ3v) is 5.63. The first-order valence-electron chi connectivity index (χ1n) is 7.93. The molecule has 1 aliphatic carbocycles. The summed E-state index contributed by atoms with van der Waals surface area (Å²) in [5.74, 6) is 0.523. The number of nitrogens with zero attached hydrogens (tertiary/aromatic N) is 1. The summed E-state index contributed by atoms with van der Waals surface area (Å²) in [5, 5.41) is 0. The fraction of sp³-hybridized carbons (Fsp3) is 0.444. The minimum Gasteiger partial charge on any atom is -0.462 e. The van der Waals surface area contributed by atoms with Crippen LogP contribution >= 0.6 is 11.8 Å². The van der Waals surface area contributed by atoms with E-state index in [9.17, 15) is 4.79 Å². The Morgan fingerprint density at radius 1 is 1.32 bits per heavy atom. The van der Waals surface area contributed by atoms with Crippen LogP contribution in [0.3, 0.4) is 0 Å². The van der Waals surface area contributed by atoms with Crippen molar-refractivity contribution in [1.82, 2.24) is 0 Å². The maximum atomic E-state index is 12.4. The number of allylic oxidation sites excluding steroid dienone is 4. The molecule has 0 bridgehead atoms. The van der Waals surface area contributed by atoms with Gasteiger partial charge < -0.3 is 4.74 Å². The molecule has 3 rings (SSSR count). The van der Waals surface area contributed by atoms with Crippen LogP contribution in [0.1, 0.15) is 32.6 Å². The van der Waals surface area contributed by atoms with E-state index in [0.29, 0.717) is 12.4 Å². The van der Waals surface area contributed by atoms with Crippen LogP contribution < -0.4 is 0 Å². The van der Waals surface area contributed by atoms with E-state index < -0.39 is 0 Å². The van der Waals surface area contributed by atoms with E-state index in [2.05, 4.69) is 18.0 Å². The van der Waals surface area contributed by atoms with Crippen LogP contribution in [0.4, 0.5) is 0 Å². The van der Waals surface area contributed by atoms with Gasteiger partial charge in [0.25, 0.3) is 0 Å². The highest BCUT2D eigenvalue weighted by atomic mass is 32.2. The highest BCUT2D eigenvalue weighted by Crippen LogP contribution is 2.48. The molecule has 116 valence electrons. The standard InChI is InChI=1S/C18H21NO2S/c1-2-3-4-7-12-21-17(20)14-13-22-18-10-6-5-8-16(18)19-11-9-15(14)18/h5-6,8-11H,2-4,7,12-13H2,1H3. The Labute approximate surface area is 135 Å². The molecule has 1 unspecified atom stereocenters. The predicted molar refractivity (Wildman–Crippen MR) is 92.2 cm³/mol. The lowest BCUT2D eigenvalue weighted by atomic mass is 9.85. The summed E-state index contributed by atoms with van der Waals surface area (Å²) in [5.41, 5.74) is 2.84. The van der Waals surface area contributed by atoms with Gasteiger partial charge in [-0.1, -0.05) is 44.4 Å². The van der Waals surface area contributed by atoms with Crippen molar-refractivity contribution in [1.29, 1.82) is 0 Å². The lowest BCUT2D eigenvalue weighted by Crippen LogP contribution is -2.34. The van der Waals surface area contributed by atoms with Crippen LogP contribution in [0, 0.1) is 0 Å². The van der Waals surface area contributed by atoms with Crippen LogP contribution in [-0.4, -0.2) is 28.8 Å². The van der Waals surface area contributed by atoms with Gasteiger partial charge in [-0.25, -0.2) is 4.79 Å². The zero-order valence-electron chi connectivity index (χ0n) is 12.9. The maximum absolute atomic E-state index is 12.4. The van der Waals surface area contributed by atoms with Crippen LogP contribution in [0.5, 0.6) is 0 Å². The number of carbonyl (C=O) groups is 1. The summed E-state index contributed by atoms with van der Waals surface area (Å²) in [7, 11) is 0. The Hall–Kier alpha value is -1.55. The molecule has 4 heteroatoms. The van der Waals surface area contributed by atoms with Gasteiger partial charge in [-0.2, -0.15) is 0 Å². The van der Waals surface area contributed by atoms with Crippen LogP contribution in [-0.2, 0) is 9.53 Å². The van der Waals surface area contributed by atoms with Crippen molar-refractivity contribution in [3.8, 4) is 0 Å². The highest BCUT2D eigenvalue weighted by Gasteiger charge is 2.45. The zero-order chi connectivity index (χ0) is 15.4. The van der Waals surface area contributed by atoms with Crippen molar-refractivity contribution in [2.45, 2.75) is 37.4 Å². The second-order valence-corrected chi connectivity index (χ2v) is 6.88. The smallest absolute Gasteiger partial charge is 0.335 e. The van der Waals surface area contributed by atoms with Crippen molar-refractivity contribution in [3.63, 3.8) is 0 Å². The van der Waals surface area contributed by atoms with Crippen molar-refractivity contribution < 1.29 is 9.53 Å². The number of esters is 1. The SMILES string of the molecule is CCCCCCOC(=O)C1=C2C=CN=C3C=CC=CC32SC1. The van der Waals surface area contributed by atoms with Gasteiger partial charge in [-0.3, -0.25) is 4.99 Å². The molecule has 1 spiro atoms. The van der Waals surface area contributed by atoms with Crippen LogP contribution in [0.2, 0.25) is 0 Å². The molecule has 3 aliphatic rings. The quantitative estimate of drug-likeness (QED) is 0.549. The van der Waals surface area contributed by atoms with Gasteiger partial charge in [0.05, 0.1) is 17.9 Å². The first kappa shape index (κ1) is 15.3. The van der Waals surface area contributed by atoms with Crippen molar-refractivity contribution in [2.24, 2.45) is 4.99 Å². The van der Waals surface area contributed by atoms with Gasteiger partial charge in [0.15, 0.2) is 0 Å². The molecule has 2 aliphatic heterocycles. The van der Waals surface area contributed by atoms with E-state index >= 15 is 0 Å². The fourth-order valence-electron chi connectivity index (χ4n) is 2.97. The van der Waals surface area contributed by atoms with Gasteiger partial charge in [0.2, 0.25) is 0 Å². The number of unbranched alkanes of at least 4 members (excludes halogenated alkanes) is 3. The number of hydrogen-bond donors (Lipinski definition) is 0. The van der Waals surface area contributed by atoms with Gasteiger partial charge in [0.1, 0.15) is 4.75 Å². The highest BCUT2D eigenvalue weighted by molar-refractivity contribution is 8.02. The average molecular weight is 315 g/mol. The van der Waals surface area contributed by atoms with E-state index in [-0.39, 0.29) is 10.7 Å². The summed E-state index contributed by atoms with van der Waals surface area (Å²) < 4.78 is 5.19. The third-order valence-electron chi connectivity index (χ3n) is 4.18. The molecular formula is C18H21NO2S. The Bertz CT molecular complexity index is 613. The molecule has 0 aromatic carbocycles. The second kappa shape index (κ2) is 6.69. The predicted octanol–water partition coefficient (Wildman–Crippen LogP) is 3.99. The van der Waals surface area contributed by atoms with Crippen LogP contribution in [0.15, 0.2) is 52.7 Å². The van der Waals surface area contributed by atoms with E-state index in [1.54, 1.807) is 18.0 Å². The molecule has 1 atom stereocenters. The number of carbonyl (C=O) groups excluding carboxylic acids is 1. The molecule has 2 heterocycles. The largest absolute Gasteiger partial charge is 0.462 e. The molecule has 0 radical (unpaired) electrons. The third kappa shape index (κ3) is 2.72. The minimum absolute atomic E-state index is 0.162. The van der Waals surface area contributed by atoms with E-state index in [4.69, 9.17) is 4.74 Å². The monoisotopic (exact) mass is 315 g/mol. The minimum atomic E-state index is -0.278. The van der Waals surface area contributed by atoms with E-state index in [1.165, 1.54) is 12.8 Å². The summed E-state index contributed by atoms with van der Waals surface area (Å²) in [6.45, 7) is 2.70. The Kier molecular flexibility index (Phi) is 4.67. The first-order valence-corrected chi connectivity index (χ1v) is 8.92. The van der Waals surface area contributed by atoms with Crippen molar-refractivity contribution in [2.75, 3.05) is 12.4 Å².